The van der Waals surface area contributed by atoms with Gasteiger partial charge in [0, 0.05) is 12.8 Å². The zero-order valence-electron chi connectivity index (χ0n) is 13.5. The Hall–Kier alpha value is -1.28. The molecule has 0 aliphatic heterocycles. The van der Waals surface area contributed by atoms with Gasteiger partial charge >= 0.3 is 0 Å². The van der Waals surface area contributed by atoms with Crippen LogP contribution in [0.25, 0.3) is 5.57 Å². The molecular weight excluding hydrogens is 258 g/mol. The van der Waals surface area contributed by atoms with Crippen LogP contribution in [-0.2, 0) is 4.74 Å². The lowest BCUT2D eigenvalue weighted by molar-refractivity contribution is 0.0658. The van der Waals surface area contributed by atoms with E-state index >= 15 is 0 Å². The maximum absolute atomic E-state index is 6.01. The van der Waals surface area contributed by atoms with Crippen molar-refractivity contribution in [3.8, 4) is 0 Å². The van der Waals surface area contributed by atoms with Crippen molar-refractivity contribution < 1.29 is 4.74 Å². The zero-order valence-corrected chi connectivity index (χ0v) is 13.5. The number of ether oxygens (including phenoxy) is 1. The number of nitrogen functional groups attached to an aromatic ring is 1. The van der Waals surface area contributed by atoms with Gasteiger partial charge in [0.25, 0.3) is 0 Å². The third-order valence-corrected chi connectivity index (χ3v) is 4.74. The van der Waals surface area contributed by atoms with Crippen LogP contribution in [0.5, 0.6) is 0 Å². The molecule has 1 aromatic rings. The zero-order chi connectivity index (χ0) is 15.2. The second-order valence-electron chi connectivity index (χ2n) is 6.26. The number of unbranched alkanes of at least 4 members (excludes halogenated alkanes) is 1. The number of benzene rings is 1. The fraction of sp³-hybridized carbons (Fsp3) is 0.579. The minimum atomic E-state index is 0.446. The smallest absolute Gasteiger partial charge is 0.0571 e. The van der Waals surface area contributed by atoms with Gasteiger partial charge in [-0.15, -0.1) is 0 Å². The largest absolute Gasteiger partial charge is 0.399 e. The quantitative estimate of drug-likeness (QED) is 0.735. The molecular formula is C19H29NO. The Kier molecular flexibility index (Phi) is 5.86. The lowest BCUT2D eigenvalue weighted by atomic mass is 9.79. The summed E-state index contributed by atoms with van der Waals surface area (Å²) in [5, 5.41) is 0. The molecule has 1 fully saturated rings. The van der Waals surface area contributed by atoms with Crippen LogP contribution in [-0.4, -0.2) is 13.2 Å². The van der Waals surface area contributed by atoms with Gasteiger partial charge in [0.05, 0.1) is 6.10 Å². The average Bonchev–Trinajstić information content (AvgIpc) is 2.52. The van der Waals surface area contributed by atoms with E-state index in [1.807, 2.05) is 13.2 Å². The van der Waals surface area contributed by atoms with Crippen LogP contribution in [0.15, 0.2) is 24.8 Å². The van der Waals surface area contributed by atoms with Crippen molar-refractivity contribution in [2.45, 2.75) is 63.9 Å². The van der Waals surface area contributed by atoms with E-state index in [2.05, 4.69) is 25.6 Å². The van der Waals surface area contributed by atoms with Gasteiger partial charge in [0.2, 0.25) is 0 Å². The molecule has 0 bridgehead atoms. The van der Waals surface area contributed by atoms with Crippen LogP contribution in [0.1, 0.15) is 68.9 Å². The highest BCUT2D eigenvalue weighted by atomic mass is 16.5. The molecule has 2 N–H and O–H groups in total. The summed E-state index contributed by atoms with van der Waals surface area (Å²) in [6.45, 7) is 6.53. The average molecular weight is 287 g/mol. The molecule has 2 nitrogen and oxygen atoms in total. The third kappa shape index (κ3) is 4.10. The summed E-state index contributed by atoms with van der Waals surface area (Å²) in [7, 11) is 1.83. The fourth-order valence-electron chi connectivity index (χ4n) is 3.37. The van der Waals surface area contributed by atoms with Gasteiger partial charge in [-0.05, 0) is 73.3 Å². The van der Waals surface area contributed by atoms with E-state index in [-0.39, 0.29) is 0 Å². The predicted octanol–water partition coefficient (Wildman–Crippen LogP) is 5.14. The maximum atomic E-state index is 6.01. The van der Waals surface area contributed by atoms with Crippen LogP contribution in [0.4, 0.5) is 5.69 Å². The summed E-state index contributed by atoms with van der Waals surface area (Å²) in [5.74, 6) is 0.630. The number of rotatable bonds is 6. The minimum absolute atomic E-state index is 0.446. The highest BCUT2D eigenvalue weighted by Crippen LogP contribution is 2.38. The first kappa shape index (κ1) is 16.1. The molecule has 21 heavy (non-hydrogen) atoms. The Morgan fingerprint density at radius 3 is 2.62 bits per heavy atom. The molecule has 116 valence electrons. The van der Waals surface area contributed by atoms with Gasteiger partial charge in [-0.25, -0.2) is 0 Å². The van der Waals surface area contributed by atoms with E-state index < -0.39 is 0 Å². The van der Waals surface area contributed by atoms with Crippen LogP contribution in [0.2, 0.25) is 0 Å². The Morgan fingerprint density at radius 2 is 2.00 bits per heavy atom. The van der Waals surface area contributed by atoms with E-state index in [0.29, 0.717) is 12.0 Å². The number of hydrogen-bond donors (Lipinski definition) is 1. The number of anilines is 1. The Balaban J connectivity index is 2.17. The minimum Gasteiger partial charge on any atom is -0.399 e. The monoisotopic (exact) mass is 287 g/mol. The van der Waals surface area contributed by atoms with Crippen molar-refractivity contribution in [2.75, 3.05) is 12.8 Å². The summed E-state index contributed by atoms with van der Waals surface area (Å²) in [5.41, 5.74) is 10.8. The molecule has 0 spiro atoms. The number of methoxy groups -OCH3 is 1. The van der Waals surface area contributed by atoms with Gasteiger partial charge < -0.3 is 10.5 Å². The van der Waals surface area contributed by atoms with Crippen molar-refractivity contribution in [1.29, 1.82) is 0 Å². The highest BCUT2D eigenvalue weighted by Gasteiger charge is 2.24. The van der Waals surface area contributed by atoms with Crippen LogP contribution in [0.3, 0.4) is 0 Å². The molecule has 2 rings (SSSR count). The lowest BCUT2D eigenvalue weighted by Crippen LogP contribution is -2.20. The van der Waals surface area contributed by atoms with Crippen molar-refractivity contribution >= 4 is 11.3 Å². The van der Waals surface area contributed by atoms with Crippen LogP contribution >= 0.6 is 0 Å². The standard InChI is InChI=1S/C19H29NO/c1-4-5-6-14(2)19-13-16(20)9-12-18(19)15-7-10-17(21-3)11-8-15/h9,12-13,15,17H,2,4-8,10-11,20H2,1,3H3. The van der Waals surface area contributed by atoms with Crippen LogP contribution in [0, 0.1) is 0 Å². The number of nitrogens with two attached hydrogens (primary N) is 1. The SMILES string of the molecule is C=C(CCCC)c1cc(N)ccc1C1CCC(OC)CC1. The van der Waals surface area contributed by atoms with Crippen molar-refractivity contribution in [3.63, 3.8) is 0 Å². The molecule has 1 saturated carbocycles. The summed E-state index contributed by atoms with van der Waals surface area (Å²) in [6.07, 6.45) is 8.65. The summed E-state index contributed by atoms with van der Waals surface area (Å²) < 4.78 is 5.49. The lowest BCUT2D eigenvalue weighted by Gasteiger charge is -2.29. The van der Waals surface area contributed by atoms with Gasteiger partial charge in [0.1, 0.15) is 0 Å². The third-order valence-electron chi connectivity index (χ3n) is 4.74. The molecule has 2 heteroatoms. The van der Waals surface area contributed by atoms with E-state index in [1.165, 1.54) is 42.4 Å². The molecule has 0 unspecified atom stereocenters. The first-order valence-electron chi connectivity index (χ1n) is 8.26. The summed E-state index contributed by atoms with van der Waals surface area (Å²) in [4.78, 5) is 0. The highest BCUT2D eigenvalue weighted by molar-refractivity contribution is 5.70. The maximum Gasteiger partial charge on any atom is 0.0571 e. The molecule has 0 aromatic heterocycles. The molecule has 1 aromatic carbocycles. The molecule has 0 radical (unpaired) electrons. The van der Waals surface area contributed by atoms with Crippen molar-refractivity contribution in [3.05, 3.63) is 35.9 Å². The molecule has 0 atom stereocenters. The predicted molar refractivity (Wildman–Crippen MR) is 91.4 cm³/mol. The summed E-state index contributed by atoms with van der Waals surface area (Å²) >= 11 is 0. The van der Waals surface area contributed by atoms with Gasteiger partial charge in [0.15, 0.2) is 0 Å². The number of allylic oxidation sites excluding steroid dienone is 1. The van der Waals surface area contributed by atoms with Gasteiger partial charge in [-0.2, -0.15) is 0 Å². The molecule has 0 saturated heterocycles. The van der Waals surface area contributed by atoms with Crippen molar-refractivity contribution in [2.24, 2.45) is 0 Å². The topological polar surface area (TPSA) is 35.2 Å². The molecule has 0 heterocycles. The normalized spacial score (nSPS) is 22.2. The Labute approximate surface area is 129 Å². The van der Waals surface area contributed by atoms with Crippen molar-refractivity contribution in [1.82, 2.24) is 0 Å². The first-order valence-corrected chi connectivity index (χ1v) is 8.26. The van der Waals surface area contributed by atoms with Gasteiger partial charge in [-0.3, -0.25) is 0 Å². The Bertz CT molecular complexity index is 472. The molecule has 1 aliphatic carbocycles. The molecule has 0 amide bonds. The summed E-state index contributed by atoms with van der Waals surface area (Å²) in [6, 6.07) is 6.38. The van der Waals surface area contributed by atoms with E-state index in [0.717, 1.165) is 24.9 Å². The fourth-order valence-corrected chi connectivity index (χ4v) is 3.37. The van der Waals surface area contributed by atoms with E-state index in [9.17, 15) is 0 Å². The van der Waals surface area contributed by atoms with E-state index in [1.54, 1.807) is 0 Å². The first-order chi connectivity index (χ1) is 10.2. The Morgan fingerprint density at radius 1 is 1.29 bits per heavy atom. The second-order valence-corrected chi connectivity index (χ2v) is 6.26. The second kappa shape index (κ2) is 7.65. The van der Waals surface area contributed by atoms with Crippen LogP contribution < -0.4 is 5.73 Å². The van der Waals surface area contributed by atoms with Gasteiger partial charge in [-0.1, -0.05) is 26.0 Å². The molecule has 1 aliphatic rings. The van der Waals surface area contributed by atoms with E-state index in [4.69, 9.17) is 10.5 Å². The number of hydrogen-bond acceptors (Lipinski definition) is 2.